The van der Waals surface area contributed by atoms with Gasteiger partial charge < -0.3 is 9.57 Å². The zero-order valence-electron chi connectivity index (χ0n) is 8.44. The number of ether oxygens (including phenoxy) is 1. The Morgan fingerprint density at radius 3 is 2.73 bits per heavy atom. The molecule has 80 valence electrons. The third-order valence-corrected chi connectivity index (χ3v) is 3.05. The Balaban J connectivity index is 2.10. The number of hydrogen-bond donors (Lipinski definition) is 0. The summed E-state index contributed by atoms with van der Waals surface area (Å²) in [6, 6.07) is 7.86. The lowest BCUT2D eigenvalue weighted by molar-refractivity contribution is 0.104. The Bertz CT molecular complexity index is 361. The van der Waals surface area contributed by atoms with Gasteiger partial charge in [0.2, 0.25) is 0 Å². The molecule has 0 aliphatic carbocycles. The van der Waals surface area contributed by atoms with Crippen molar-refractivity contribution in [2.75, 3.05) is 12.4 Å². The van der Waals surface area contributed by atoms with Crippen molar-refractivity contribution >= 4 is 21.6 Å². The van der Waals surface area contributed by atoms with E-state index in [1.54, 1.807) is 7.11 Å². The third kappa shape index (κ3) is 2.31. The predicted octanol–water partition coefficient (Wildman–Crippen LogP) is 2.58. The molecule has 1 aliphatic heterocycles. The summed E-state index contributed by atoms with van der Waals surface area (Å²) < 4.78 is 5.10. The van der Waals surface area contributed by atoms with Crippen molar-refractivity contribution in [1.29, 1.82) is 0 Å². The second kappa shape index (κ2) is 4.66. The summed E-state index contributed by atoms with van der Waals surface area (Å²) in [4.78, 5) is 5.24. The third-order valence-electron chi connectivity index (χ3n) is 2.33. The Hall–Kier alpha value is -1.03. The normalized spacial score (nSPS) is 19.6. The van der Waals surface area contributed by atoms with Crippen LogP contribution in [0.25, 0.3) is 0 Å². The Kier molecular flexibility index (Phi) is 3.26. The van der Waals surface area contributed by atoms with Crippen LogP contribution in [0.2, 0.25) is 0 Å². The van der Waals surface area contributed by atoms with E-state index in [2.05, 4.69) is 21.1 Å². The van der Waals surface area contributed by atoms with Crippen LogP contribution in [0.4, 0.5) is 0 Å². The van der Waals surface area contributed by atoms with E-state index < -0.39 is 0 Å². The second-order valence-electron chi connectivity index (χ2n) is 3.35. The molecular formula is C11H12BrNO2. The van der Waals surface area contributed by atoms with Crippen LogP contribution >= 0.6 is 15.9 Å². The van der Waals surface area contributed by atoms with Gasteiger partial charge in [-0.25, -0.2) is 0 Å². The lowest BCUT2D eigenvalue weighted by Crippen LogP contribution is -2.09. The molecule has 1 aromatic carbocycles. The van der Waals surface area contributed by atoms with Crippen LogP contribution in [-0.4, -0.2) is 24.3 Å². The SMILES string of the molecule is COc1ccc(C2=NO[C@H](CBr)C2)cc1. The van der Waals surface area contributed by atoms with Crippen LogP contribution in [0.15, 0.2) is 29.4 Å². The number of benzene rings is 1. The summed E-state index contributed by atoms with van der Waals surface area (Å²) in [7, 11) is 1.66. The quantitative estimate of drug-likeness (QED) is 0.790. The first-order valence-electron chi connectivity index (χ1n) is 4.76. The number of oxime groups is 1. The molecule has 0 aromatic heterocycles. The average molecular weight is 270 g/mol. The lowest BCUT2D eigenvalue weighted by atomic mass is 10.1. The second-order valence-corrected chi connectivity index (χ2v) is 4.00. The van der Waals surface area contributed by atoms with Crippen LogP contribution in [0.1, 0.15) is 12.0 Å². The van der Waals surface area contributed by atoms with Crippen molar-refractivity contribution in [1.82, 2.24) is 0 Å². The van der Waals surface area contributed by atoms with Gasteiger partial charge in [0.1, 0.15) is 11.9 Å². The molecule has 1 heterocycles. The highest BCUT2D eigenvalue weighted by Gasteiger charge is 2.20. The molecule has 15 heavy (non-hydrogen) atoms. The average Bonchev–Trinajstić information content (AvgIpc) is 2.78. The van der Waals surface area contributed by atoms with Crippen LogP contribution in [0.3, 0.4) is 0 Å². The summed E-state index contributed by atoms with van der Waals surface area (Å²) in [6.45, 7) is 0. The number of nitrogens with zero attached hydrogens (tertiary/aromatic N) is 1. The van der Waals surface area contributed by atoms with Gasteiger partial charge in [-0.05, 0) is 29.8 Å². The molecule has 1 aliphatic rings. The molecule has 0 unspecified atom stereocenters. The van der Waals surface area contributed by atoms with Crippen molar-refractivity contribution < 1.29 is 9.57 Å². The van der Waals surface area contributed by atoms with Gasteiger partial charge in [-0.3, -0.25) is 0 Å². The Morgan fingerprint density at radius 2 is 2.20 bits per heavy atom. The van der Waals surface area contributed by atoms with Crippen LogP contribution < -0.4 is 4.74 Å². The van der Waals surface area contributed by atoms with Crippen molar-refractivity contribution in [2.45, 2.75) is 12.5 Å². The van der Waals surface area contributed by atoms with E-state index in [4.69, 9.17) is 9.57 Å². The largest absolute Gasteiger partial charge is 0.497 e. The van der Waals surface area contributed by atoms with E-state index in [0.717, 1.165) is 28.8 Å². The summed E-state index contributed by atoms with van der Waals surface area (Å²) in [5.74, 6) is 0.857. The Labute approximate surface area is 97.2 Å². The van der Waals surface area contributed by atoms with Crippen molar-refractivity contribution in [2.24, 2.45) is 5.16 Å². The van der Waals surface area contributed by atoms with Crippen LogP contribution in [0.5, 0.6) is 5.75 Å². The molecule has 0 N–H and O–H groups in total. The van der Waals surface area contributed by atoms with Crippen LogP contribution in [0, 0.1) is 0 Å². The molecule has 0 radical (unpaired) electrons. The number of hydrogen-bond acceptors (Lipinski definition) is 3. The smallest absolute Gasteiger partial charge is 0.142 e. The van der Waals surface area contributed by atoms with Gasteiger partial charge in [0.05, 0.1) is 12.8 Å². The van der Waals surface area contributed by atoms with E-state index >= 15 is 0 Å². The summed E-state index contributed by atoms with van der Waals surface area (Å²) in [6.07, 6.45) is 1.03. The monoisotopic (exact) mass is 269 g/mol. The molecule has 0 fully saturated rings. The minimum Gasteiger partial charge on any atom is -0.497 e. The van der Waals surface area contributed by atoms with E-state index in [1.165, 1.54) is 0 Å². The van der Waals surface area contributed by atoms with E-state index in [9.17, 15) is 0 Å². The molecule has 0 spiro atoms. The van der Waals surface area contributed by atoms with Gasteiger partial charge in [-0.15, -0.1) is 0 Å². The maximum atomic E-state index is 5.24. The topological polar surface area (TPSA) is 30.8 Å². The molecule has 2 rings (SSSR count). The van der Waals surface area contributed by atoms with Gasteiger partial charge >= 0.3 is 0 Å². The highest BCUT2D eigenvalue weighted by atomic mass is 79.9. The first kappa shape index (κ1) is 10.5. The van der Waals surface area contributed by atoms with Crippen molar-refractivity contribution in [3.05, 3.63) is 29.8 Å². The minimum absolute atomic E-state index is 0.169. The maximum Gasteiger partial charge on any atom is 0.142 e. The Morgan fingerprint density at radius 1 is 1.47 bits per heavy atom. The summed E-state index contributed by atoms with van der Waals surface area (Å²) in [5.41, 5.74) is 2.10. The summed E-state index contributed by atoms with van der Waals surface area (Å²) in [5, 5.41) is 4.88. The van der Waals surface area contributed by atoms with Gasteiger partial charge in [-0.2, -0.15) is 0 Å². The first-order chi connectivity index (χ1) is 7.33. The minimum atomic E-state index is 0.169. The van der Waals surface area contributed by atoms with Gasteiger partial charge in [-0.1, -0.05) is 21.1 Å². The fourth-order valence-corrected chi connectivity index (χ4v) is 1.81. The highest BCUT2D eigenvalue weighted by Crippen LogP contribution is 2.19. The molecule has 4 heteroatoms. The molecular weight excluding hydrogens is 258 g/mol. The van der Waals surface area contributed by atoms with Gasteiger partial charge in [0.15, 0.2) is 0 Å². The summed E-state index contributed by atoms with van der Waals surface area (Å²) >= 11 is 3.38. The first-order valence-corrected chi connectivity index (χ1v) is 5.88. The highest BCUT2D eigenvalue weighted by molar-refractivity contribution is 9.09. The number of alkyl halides is 1. The predicted molar refractivity (Wildman–Crippen MR) is 62.8 cm³/mol. The zero-order chi connectivity index (χ0) is 10.7. The number of halogens is 1. The maximum absolute atomic E-state index is 5.24. The molecule has 0 bridgehead atoms. The number of rotatable bonds is 3. The lowest BCUT2D eigenvalue weighted by Gasteiger charge is -2.02. The molecule has 1 aromatic rings. The molecule has 0 saturated heterocycles. The van der Waals surface area contributed by atoms with E-state index in [-0.39, 0.29) is 6.10 Å². The molecule has 3 nitrogen and oxygen atoms in total. The van der Waals surface area contributed by atoms with Crippen molar-refractivity contribution in [3.63, 3.8) is 0 Å². The fraction of sp³-hybridized carbons (Fsp3) is 0.364. The standard InChI is InChI=1S/C11H12BrNO2/c1-14-9-4-2-8(3-5-9)11-6-10(7-12)15-13-11/h2-5,10H,6-7H2,1H3/t10-/m0/s1. The fourth-order valence-electron chi connectivity index (χ4n) is 1.47. The zero-order valence-corrected chi connectivity index (χ0v) is 10.0. The van der Waals surface area contributed by atoms with Crippen LogP contribution in [-0.2, 0) is 4.84 Å². The number of methoxy groups -OCH3 is 1. The molecule has 0 saturated carbocycles. The van der Waals surface area contributed by atoms with Gasteiger partial charge in [0, 0.05) is 11.8 Å². The van der Waals surface area contributed by atoms with Gasteiger partial charge in [0.25, 0.3) is 0 Å². The molecule has 1 atom stereocenters. The van der Waals surface area contributed by atoms with E-state index in [0.29, 0.717) is 0 Å². The van der Waals surface area contributed by atoms with E-state index in [1.807, 2.05) is 24.3 Å². The van der Waals surface area contributed by atoms with Crippen molar-refractivity contribution in [3.8, 4) is 5.75 Å². The molecule has 0 amide bonds.